The molecule has 2 N–H and O–H groups in total. The van der Waals surface area contributed by atoms with Crippen molar-refractivity contribution < 1.29 is 9.18 Å². The Balaban J connectivity index is 1.57. The number of aryl methyl sites for hydroxylation is 1. The third-order valence-corrected chi connectivity index (χ3v) is 3.68. The number of hydrogen-bond donors (Lipinski definition) is 2. The zero-order chi connectivity index (χ0) is 17.8. The quantitative estimate of drug-likeness (QED) is 0.716. The summed E-state index contributed by atoms with van der Waals surface area (Å²) in [6, 6.07) is 7.98. The lowest BCUT2D eigenvalue weighted by molar-refractivity contribution is 0.0935. The number of carbonyl (C=O) groups excluding carboxylic acids is 1. The number of aromatic amines is 1. The first-order chi connectivity index (χ1) is 12.0. The lowest BCUT2D eigenvalue weighted by Crippen LogP contribution is -2.34. The third-order valence-electron chi connectivity index (χ3n) is 3.68. The van der Waals surface area contributed by atoms with Gasteiger partial charge in [-0.3, -0.25) is 9.89 Å². The number of nitrogens with zero attached hydrogens (tertiary/aromatic N) is 4. The van der Waals surface area contributed by atoms with E-state index in [-0.39, 0.29) is 23.5 Å². The van der Waals surface area contributed by atoms with Crippen LogP contribution in [0.15, 0.2) is 36.5 Å². The van der Waals surface area contributed by atoms with Gasteiger partial charge < -0.3 is 5.32 Å². The summed E-state index contributed by atoms with van der Waals surface area (Å²) < 4.78 is 14.5. The van der Waals surface area contributed by atoms with Crippen molar-refractivity contribution >= 4 is 5.91 Å². The van der Waals surface area contributed by atoms with E-state index in [0.717, 1.165) is 17.0 Å². The smallest absolute Gasteiger partial charge is 0.273 e. The van der Waals surface area contributed by atoms with Crippen LogP contribution in [0.4, 0.5) is 4.39 Å². The van der Waals surface area contributed by atoms with Crippen molar-refractivity contribution in [1.82, 2.24) is 30.5 Å². The second-order valence-corrected chi connectivity index (χ2v) is 6.05. The van der Waals surface area contributed by atoms with Crippen molar-refractivity contribution in [2.24, 2.45) is 0 Å². The number of halogens is 1. The molecule has 3 rings (SSSR count). The van der Waals surface area contributed by atoms with Crippen LogP contribution in [0.5, 0.6) is 0 Å². The Morgan fingerprint density at radius 3 is 2.80 bits per heavy atom. The van der Waals surface area contributed by atoms with Gasteiger partial charge in [-0.2, -0.15) is 5.10 Å². The van der Waals surface area contributed by atoms with Gasteiger partial charge in [0.15, 0.2) is 5.69 Å². The van der Waals surface area contributed by atoms with E-state index in [4.69, 9.17) is 0 Å². The molecule has 7 nitrogen and oxygen atoms in total. The van der Waals surface area contributed by atoms with Gasteiger partial charge in [0.25, 0.3) is 5.91 Å². The summed E-state index contributed by atoms with van der Waals surface area (Å²) >= 11 is 0. The highest BCUT2D eigenvalue weighted by molar-refractivity contribution is 5.92. The maximum Gasteiger partial charge on any atom is 0.273 e. The van der Waals surface area contributed by atoms with Crippen LogP contribution in [0.1, 0.15) is 34.4 Å². The van der Waals surface area contributed by atoms with Gasteiger partial charge >= 0.3 is 0 Å². The molecule has 0 aliphatic rings. The lowest BCUT2D eigenvalue weighted by atomic mass is 10.1. The van der Waals surface area contributed by atoms with Crippen molar-refractivity contribution in [2.75, 3.05) is 0 Å². The third kappa shape index (κ3) is 4.50. The van der Waals surface area contributed by atoms with E-state index in [1.165, 1.54) is 12.1 Å². The van der Waals surface area contributed by atoms with Crippen molar-refractivity contribution in [3.63, 3.8) is 0 Å². The van der Waals surface area contributed by atoms with Crippen LogP contribution in [-0.2, 0) is 13.0 Å². The number of amides is 1. The maximum absolute atomic E-state index is 12.9. The number of aromatic nitrogens is 5. The minimum atomic E-state index is -0.288. The van der Waals surface area contributed by atoms with Crippen LogP contribution in [0.25, 0.3) is 0 Å². The molecule has 0 spiro atoms. The highest BCUT2D eigenvalue weighted by Crippen LogP contribution is 2.06. The van der Waals surface area contributed by atoms with Gasteiger partial charge in [-0.25, -0.2) is 9.07 Å². The summed E-state index contributed by atoms with van der Waals surface area (Å²) in [5.41, 5.74) is 3.00. The summed E-state index contributed by atoms with van der Waals surface area (Å²) in [6.45, 7) is 4.26. The van der Waals surface area contributed by atoms with Crippen molar-refractivity contribution in [3.8, 4) is 0 Å². The summed E-state index contributed by atoms with van der Waals surface area (Å²) in [6.07, 6.45) is 2.20. The first-order valence-corrected chi connectivity index (χ1v) is 7.96. The molecule has 130 valence electrons. The fourth-order valence-corrected chi connectivity index (χ4v) is 2.50. The van der Waals surface area contributed by atoms with Crippen LogP contribution in [0.2, 0.25) is 0 Å². The molecule has 3 aromatic rings. The molecule has 1 amide bonds. The van der Waals surface area contributed by atoms with Crippen LogP contribution < -0.4 is 5.32 Å². The molecule has 0 saturated heterocycles. The lowest BCUT2D eigenvalue weighted by Gasteiger charge is -2.10. The molecular formula is C17H19FN6O. The minimum Gasteiger partial charge on any atom is -0.348 e. The first kappa shape index (κ1) is 16.8. The molecule has 0 unspecified atom stereocenters. The fourth-order valence-electron chi connectivity index (χ4n) is 2.50. The normalized spacial score (nSPS) is 12.1. The van der Waals surface area contributed by atoms with Gasteiger partial charge in [0.05, 0.1) is 18.4 Å². The van der Waals surface area contributed by atoms with Crippen molar-refractivity contribution in [1.29, 1.82) is 0 Å². The Bertz CT molecular complexity index is 854. The Morgan fingerprint density at radius 1 is 1.36 bits per heavy atom. The largest absolute Gasteiger partial charge is 0.348 e. The molecule has 0 fully saturated rings. The van der Waals surface area contributed by atoms with Gasteiger partial charge in [0.1, 0.15) is 5.82 Å². The minimum absolute atomic E-state index is 0.0857. The highest BCUT2D eigenvalue weighted by Gasteiger charge is 2.15. The number of H-pyrrole nitrogens is 1. The van der Waals surface area contributed by atoms with Gasteiger partial charge in [-0.05, 0) is 37.6 Å². The van der Waals surface area contributed by atoms with Crippen molar-refractivity contribution in [3.05, 3.63) is 65.0 Å². The Labute approximate surface area is 144 Å². The summed E-state index contributed by atoms with van der Waals surface area (Å²) in [5.74, 6) is -0.575. The second kappa shape index (κ2) is 7.25. The standard InChI is InChI=1S/C17H19FN6O/c1-11(7-15-8-12(2)20-21-15)19-17(25)16-10-24(23-22-16)9-13-3-5-14(18)6-4-13/h3-6,8,10-11H,7,9H2,1-2H3,(H,19,25)(H,20,21)/t11-/m1/s1. The molecule has 0 aliphatic carbocycles. The van der Waals surface area contributed by atoms with E-state index in [1.54, 1.807) is 23.0 Å². The first-order valence-electron chi connectivity index (χ1n) is 7.96. The molecule has 25 heavy (non-hydrogen) atoms. The van der Waals surface area contributed by atoms with E-state index in [9.17, 15) is 9.18 Å². The van der Waals surface area contributed by atoms with Crippen molar-refractivity contribution in [2.45, 2.75) is 32.9 Å². The molecule has 8 heteroatoms. The predicted octanol–water partition coefficient (Wildman–Crippen LogP) is 1.86. The summed E-state index contributed by atoms with van der Waals surface area (Å²) in [5, 5.41) is 17.8. The topological polar surface area (TPSA) is 88.5 Å². The number of benzene rings is 1. The number of rotatable bonds is 6. The molecule has 0 saturated carbocycles. The molecule has 1 aromatic carbocycles. The van der Waals surface area contributed by atoms with E-state index < -0.39 is 0 Å². The van der Waals surface area contributed by atoms with E-state index in [2.05, 4.69) is 25.8 Å². The molecule has 2 heterocycles. The number of carbonyl (C=O) groups is 1. The van der Waals surface area contributed by atoms with Crippen LogP contribution in [-0.4, -0.2) is 37.1 Å². The van der Waals surface area contributed by atoms with Gasteiger partial charge in [-0.15, -0.1) is 5.10 Å². The average Bonchev–Trinajstić information content (AvgIpc) is 3.19. The Kier molecular flexibility index (Phi) is 4.87. The summed E-state index contributed by atoms with van der Waals surface area (Å²) in [4.78, 5) is 12.3. The molecule has 2 aromatic heterocycles. The SMILES string of the molecule is Cc1cc(C[C@@H](C)NC(=O)c2cn(Cc3ccc(F)cc3)nn2)n[nH]1. The molecule has 0 radical (unpaired) electrons. The molecule has 0 bridgehead atoms. The zero-order valence-corrected chi connectivity index (χ0v) is 14.0. The van der Waals surface area contributed by atoms with Crippen LogP contribution in [0.3, 0.4) is 0 Å². The molecular weight excluding hydrogens is 323 g/mol. The Morgan fingerprint density at radius 2 is 2.12 bits per heavy atom. The fraction of sp³-hybridized carbons (Fsp3) is 0.294. The zero-order valence-electron chi connectivity index (χ0n) is 14.0. The predicted molar refractivity (Wildman–Crippen MR) is 89.5 cm³/mol. The number of hydrogen-bond acceptors (Lipinski definition) is 4. The second-order valence-electron chi connectivity index (χ2n) is 6.05. The van der Waals surface area contributed by atoms with E-state index in [0.29, 0.717) is 13.0 Å². The van der Waals surface area contributed by atoms with Crippen LogP contribution >= 0.6 is 0 Å². The van der Waals surface area contributed by atoms with Crippen LogP contribution in [0, 0.1) is 12.7 Å². The Hall–Kier alpha value is -3.03. The monoisotopic (exact) mass is 342 g/mol. The highest BCUT2D eigenvalue weighted by atomic mass is 19.1. The molecule has 1 atom stereocenters. The van der Waals surface area contributed by atoms with E-state index >= 15 is 0 Å². The number of nitrogens with one attached hydrogen (secondary N) is 2. The maximum atomic E-state index is 12.9. The van der Waals surface area contributed by atoms with Gasteiger partial charge in [-0.1, -0.05) is 17.3 Å². The summed E-state index contributed by atoms with van der Waals surface area (Å²) in [7, 11) is 0. The van der Waals surface area contributed by atoms with Gasteiger partial charge in [0, 0.05) is 18.2 Å². The average molecular weight is 342 g/mol. The molecule has 0 aliphatic heterocycles. The van der Waals surface area contributed by atoms with E-state index in [1.807, 2.05) is 19.9 Å². The van der Waals surface area contributed by atoms with Gasteiger partial charge in [0.2, 0.25) is 0 Å².